The van der Waals surface area contributed by atoms with Crippen molar-refractivity contribution in [2.75, 3.05) is 7.11 Å². The Hall–Kier alpha value is -1.10. The lowest BCUT2D eigenvalue weighted by Crippen LogP contribution is -1.83. The number of hydrogen-bond donors (Lipinski definition) is 0. The average Bonchev–Trinajstić information content (AvgIpc) is 2.34. The van der Waals surface area contributed by atoms with Gasteiger partial charge in [-0.05, 0) is 0 Å². The number of methoxy groups -OCH3 is 1. The van der Waals surface area contributed by atoms with Crippen LogP contribution in [0.4, 0.5) is 5.69 Å². The standard InChI is InChI=1S/C5H5NO3S/c1-9-5-2-4(3-10-5)6(7)8/h2-3H,1H3. The number of thiophene rings is 1. The molecule has 0 saturated carbocycles. The lowest BCUT2D eigenvalue weighted by molar-refractivity contribution is -0.384. The van der Waals surface area contributed by atoms with Crippen LogP contribution in [0.5, 0.6) is 5.06 Å². The second kappa shape index (κ2) is 2.66. The number of rotatable bonds is 2. The van der Waals surface area contributed by atoms with Gasteiger partial charge in [-0.2, -0.15) is 0 Å². The van der Waals surface area contributed by atoms with E-state index in [2.05, 4.69) is 0 Å². The van der Waals surface area contributed by atoms with E-state index in [1.165, 1.54) is 29.9 Å². The molecule has 0 aliphatic heterocycles. The smallest absolute Gasteiger partial charge is 0.283 e. The van der Waals surface area contributed by atoms with Crippen LogP contribution in [0.1, 0.15) is 0 Å². The summed E-state index contributed by atoms with van der Waals surface area (Å²) in [4.78, 5) is 9.64. The summed E-state index contributed by atoms with van der Waals surface area (Å²) >= 11 is 1.21. The van der Waals surface area contributed by atoms with Crippen molar-refractivity contribution in [3.05, 3.63) is 21.6 Å². The van der Waals surface area contributed by atoms with E-state index in [1.54, 1.807) is 0 Å². The molecule has 0 aliphatic carbocycles. The third-order valence-electron chi connectivity index (χ3n) is 0.974. The lowest BCUT2D eigenvalue weighted by Gasteiger charge is -1.86. The Kier molecular flexibility index (Phi) is 1.86. The fourth-order valence-corrected chi connectivity index (χ4v) is 1.19. The highest BCUT2D eigenvalue weighted by molar-refractivity contribution is 7.12. The normalized spacial score (nSPS) is 9.30. The van der Waals surface area contributed by atoms with Crippen LogP contribution in [-0.4, -0.2) is 12.0 Å². The zero-order chi connectivity index (χ0) is 7.56. The van der Waals surface area contributed by atoms with Crippen molar-refractivity contribution in [2.24, 2.45) is 0 Å². The van der Waals surface area contributed by atoms with Crippen LogP contribution in [0.2, 0.25) is 0 Å². The third kappa shape index (κ3) is 1.24. The van der Waals surface area contributed by atoms with Gasteiger partial charge in [-0.15, -0.1) is 11.3 Å². The van der Waals surface area contributed by atoms with Crippen molar-refractivity contribution >= 4 is 17.0 Å². The van der Waals surface area contributed by atoms with Crippen LogP contribution in [0.15, 0.2) is 11.4 Å². The Labute approximate surface area is 61.2 Å². The predicted molar refractivity (Wildman–Crippen MR) is 37.5 cm³/mol. The van der Waals surface area contributed by atoms with Crippen LogP contribution >= 0.6 is 11.3 Å². The highest BCUT2D eigenvalue weighted by atomic mass is 32.1. The quantitative estimate of drug-likeness (QED) is 0.487. The fourth-order valence-electron chi connectivity index (χ4n) is 0.510. The molecule has 0 atom stereocenters. The molecule has 0 bridgehead atoms. The van der Waals surface area contributed by atoms with Gasteiger partial charge < -0.3 is 4.74 Å². The summed E-state index contributed by atoms with van der Waals surface area (Å²) < 4.78 is 4.76. The van der Waals surface area contributed by atoms with Crippen molar-refractivity contribution in [2.45, 2.75) is 0 Å². The summed E-state index contributed by atoms with van der Waals surface area (Å²) in [6.07, 6.45) is 0. The topological polar surface area (TPSA) is 52.4 Å². The monoisotopic (exact) mass is 159 g/mol. The van der Waals surface area contributed by atoms with Crippen LogP contribution in [0.3, 0.4) is 0 Å². The molecule has 54 valence electrons. The van der Waals surface area contributed by atoms with Crippen LogP contribution in [0, 0.1) is 10.1 Å². The van der Waals surface area contributed by atoms with Gasteiger partial charge in [-0.25, -0.2) is 0 Å². The van der Waals surface area contributed by atoms with Gasteiger partial charge >= 0.3 is 0 Å². The van der Waals surface area contributed by atoms with Crippen molar-refractivity contribution in [1.29, 1.82) is 0 Å². The Morgan fingerprint density at radius 3 is 2.80 bits per heavy atom. The van der Waals surface area contributed by atoms with Crippen molar-refractivity contribution < 1.29 is 9.66 Å². The van der Waals surface area contributed by atoms with Crippen molar-refractivity contribution in [3.8, 4) is 5.06 Å². The van der Waals surface area contributed by atoms with E-state index >= 15 is 0 Å². The van der Waals surface area contributed by atoms with Crippen LogP contribution < -0.4 is 4.74 Å². The van der Waals surface area contributed by atoms with Gasteiger partial charge in [0.2, 0.25) is 0 Å². The molecule has 0 aromatic carbocycles. The second-order valence-corrected chi connectivity index (χ2v) is 2.46. The summed E-state index contributed by atoms with van der Waals surface area (Å²) in [6, 6.07) is 1.39. The van der Waals surface area contributed by atoms with Crippen molar-refractivity contribution in [1.82, 2.24) is 0 Å². The summed E-state index contributed by atoms with van der Waals surface area (Å²) in [5.41, 5.74) is 0.0850. The highest BCUT2D eigenvalue weighted by Crippen LogP contribution is 2.27. The van der Waals surface area contributed by atoms with E-state index in [-0.39, 0.29) is 5.69 Å². The van der Waals surface area contributed by atoms with Crippen LogP contribution in [0.25, 0.3) is 0 Å². The van der Waals surface area contributed by atoms with Crippen molar-refractivity contribution in [3.63, 3.8) is 0 Å². The molecule has 0 N–H and O–H groups in total. The lowest BCUT2D eigenvalue weighted by atomic mass is 10.5. The Bertz CT molecular complexity index is 245. The van der Waals surface area contributed by atoms with Gasteiger partial charge in [0.1, 0.15) is 0 Å². The highest BCUT2D eigenvalue weighted by Gasteiger charge is 2.08. The molecule has 1 aromatic rings. The summed E-state index contributed by atoms with van der Waals surface area (Å²) in [5.74, 6) is 0. The second-order valence-electron chi connectivity index (χ2n) is 1.59. The number of nitrogens with zero attached hydrogens (tertiary/aromatic N) is 1. The third-order valence-corrected chi connectivity index (χ3v) is 1.85. The maximum atomic E-state index is 10.1. The summed E-state index contributed by atoms with van der Waals surface area (Å²) in [5, 5.41) is 12.1. The van der Waals surface area contributed by atoms with E-state index in [4.69, 9.17) is 4.74 Å². The molecule has 1 rings (SSSR count). The van der Waals surface area contributed by atoms with Gasteiger partial charge in [-0.3, -0.25) is 10.1 Å². The first-order chi connectivity index (χ1) is 4.74. The van der Waals surface area contributed by atoms with Gasteiger partial charge in [0.25, 0.3) is 5.69 Å². The summed E-state index contributed by atoms with van der Waals surface area (Å²) in [6.45, 7) is 0. The molecule has 0 radical (unpaired) electrons. The average molecular weight is 159 g/mol. The Morgan fingerprint density at radius 1 is 1.80 bits per heavy atom. The number of ether oxygens (including phenoxy) is 1. The minimum Gasteiger partial charge on any atom is -0.487 e. The molecule has 1 heterocycles. The Balaban J connectivity index is 2.88. The molecule has 4 nitrogen and oxygen atoms in total. The maximum absolute atomic E-state index is 10.1. The van der Waals surface area contributed by atoms with E-state index in [0.29, 0.717) is 5.06 Å². The maximum Gasteiger partial charge on any atom is 0.283 e. The molecule has 0 saturated heterocycles. The van der Waals surface area contributed by atoms with E-state index < -0.39 is 4.92 Å². The SMILES string of the molecule is COc1cc([N+](=O)[O-])cs1. The molecule has 0 amide bonds. The molecule has 1 aromatic heterocycles. The van der Waals surface area contributed by atoms with Gasteiger partial charge in [0.15, 0.2) is 5.06 Å². The first-order valence-corrected chi connectivity index (χ1v) is 3.39. The predicted octanol–water partition coefficient (Wildman–Crippen LogP) is 1.66. The Morgan fingerprint density at radius 2 is 2.50 bits per heavy atom. The minimum atomic E-state index is -0.445. The molecule has 0 unspecified atom stereocenters. The number of hydrogen-bond acceptors (Lipinski definition) is 4. The molecular formula is C5H5NO3S. The molecule has 0 spiro atoms. The molecule has 0 fully saturated rings. The fraction of sp³-hybridized carbons (Fsp3) is 0.200. The van der Waals surface area contributed by atoms with Gasteiger partial charge in [0.05, 0.1) is 23.5 Å². The van der Waals surface area contributed by atoms with Crippen LogP contribution in [-0.2, 0) is 0 Å². The van der Waals surface area contributed by atoms with E-state index in [9.17, 15) is 10.1 Å². The molecule has 5 heteroatoms. The molecular weight excluding hydrogens is 154 g/mol. The van der Waals surface area contributed by atoms with Gasteiger partial charge in [-0.1, -0.05) is 0 Å². The first kappa shape index (κ1) is 7.01. The zero-order valence-corrected chi connectivity index (χ0v) is 6.05. The molecule has 10 heavy (non-hydrogen) atoms. The largest absolute Gasteiger partial charge is 0.487 e. The first-order valence-electron chi connectivity index (χ1n) is 2.51. The number of nitro groups is 1. The van der Waals surface area contributed by atoms with Gasteiger partial charge in [0, 0.05) is 0 Å². The van der Waals surface area contributed by atoms with E-state index in [1.807, 2.05) is 0 Å². The minimum absolute atomic E-state index is 0.0850. The van der Waals surface area contributed by atoms with E-state index in [0.717, 1.165) is 0 Å². The zero-order valence-electron chi connectivity index (χ0n) is 5.23. The summed E-state index contributed by atoms with van der Waals surface area (Å²) in [7, 11) is 1.48. The molecule has 0 aliphatic rings.